The molecule has 84 valence electrons. The van der Waals surface area contributed by atoms with Crippen molar-refractivity contribution in [1.29, 1.82) is 0 Å². The Hall–Kier alpha value is -1.68. The van der Waals surface area contributed by atoms with Crippen LogP contribution in [-0.2, 0) is 16.0 Å². The smallest absolute Gasteiger partial charge is 0.321 e. The second kappa shape index (κ2) is 4.45. The van der Waals surface area contributed by atoms with Gasteiger partial charge in [-0.25, -0.2) is 0 Å². The highest BCUT2D eigenvalue weighted by Gasteiger charge is 2.38. The first-order valence-corrected chi connectivity index (χ1v) is 5.21. The van der Waals surface area contributed by atoms with Crippen LogP contribution < -0.4 is 5.32 Å². The van der Waals surface area contributed by atoms with Gasteiger partial charge in [0.25, 0.3) is 0 Å². The molecule has 0 aliphatic carbocycles. The molecule has 2 atom stereocenters. The minimum Gasteiger partial charge on any atom is -0.480 e. The number of nitrogens with one attached hydrogen (secondary N) is 1. The molecule has 2 N–H and O–H groups in total. The number of hydrogen-bond donors (Lipinski definition) is 2. The van der Waals surface area contributed by atoms with Crippen molar-refractivity contribution in [3.05, 3.63) is 35.9 Å². The molecule has 1 aromatic rings. The van der Waals surface area contributed by atoms with Crippen molar-refractivity contribution in [2.24, 2.45) is 5.92 Å². The van der Waals surface area contributed by atoms with Gasteiger partial charge in [0.05, 0.1) is 6.54 Å². The number of rotatable bonds is 3. The van der Waals surface area contributed by atoms with E-state index in [2.05, 4.69) is 5.32 Å². The lowest BCUT2D eigenvalue weighted by molar-refractivity contribution is -0.141. The molecule has 0 spiro atoms. The predicted molar refractivity (Wildman–Crippen MR) is 58.1 cm³/mol. The van der Waals surface area contributed by atoms with E-state index in [1.165, 1.54) is 0 Å². The van der Waals surface area contributed by atoms with Gasteiger partial charge < -0.3 is 5.11 Å². The van der Waals surface area contributed by atoms with Gasteiger partial charge in [0.1, 0.15) is 6.04 Å². The largest absolute Gasteiger partial charge is 0.480 e. The molecule has 1 aliphatic heterocycles. The molecule has 0 bridgehead atoms. The quantitative estimate of drug-likeness (QED) is 0.775. The lowest BCUT2D eigenvalue weighted by Gasteiger charge is -2.13. The van der Waals surface area contributed by atoms with E-state index in [-0.39, 0.29) is 12.3 Å². The van der Waals surface area contributed by atoms with Crippen LogP contribution in [0, 0.1) is 5.92 Å². The Bertz CT molecular complexity index is 402. The molecule has 0 aromatic heterocycles. The summed E-state index contributed by atoms with van der Waals surface area (Å²) in [6.07, 6.45) is 0.490. The molecule has 1 aromatic carbocycles. The van der Waals surface area contributed by atoms with Crippen molar-refractivity contribution in [3.8, 4) is 0 Å². The molecule has 0 saturated carbocycles. The fourth-order valence-corrected chi connectivity index (χ4v) is 2.03. The fourth-order valence-electron chi connectivity index (χ4n) is 2.03. The Morgan fingerprint density at radius 1 is 1.38 bits per heavy atom. The van der Waals surface area contributed by atoms with Crippen molar-refractivity contribution >= 4 is 11.8 Å². The SMILES string of the molecule is O=C1CN[C@@H](C(=O)O)[C@@H]1Cc1ccccc1. The molecule has 2 rings (SSSR count). The molecule has 4 heteroatoms. The van der Waals surface area contributed by atoms with Crippen LogP contribution in [0.5, 0.6) is 0 Å². The summed E-state index contributed by atoms with van der Waals surface area (Å²) < 4.78 is 0. The van der Waals surface area contributed by atoms with Gasteiger partial charge in [-0.15, -0.1) is 0 Å². The normalized spacial score (nSPS) is 24.6. The molecule has 0 radical (unpaired) electrons. The minimum absolute atomic E-state index is 0.0174. The Labute approximate surface area is 93.3 Å². The molecule has 1 aliphatic rings. The first-order valence-electron chi connectivity index (χ1n) is 5.21. The second-order valence-corrected chi connectivity index (χ2v) is 3.96. The first kappa shape index (κ1) is 10.8. The lowest BCUT2D eigenvalue weighted by Crippen LogP contribution is -2.36. The fraction of sp³-hybridized carbons (Fsp3) is 0.333. The molecular formula is C12H13NO3. The van der Waals surface area contributed by atoms with Gasteiger partial charge in [0, 0.05) is 5.92 Å². The Kier molecular flexibility index (Phi) is 3.01. The summed E-state index contributed by atoms with van der Waals surface area (Å²) in [5.74, 6) is -1.41. The maximum absolute atomic E-state index is 11.6. The molecule has 4 nitrogen and oxygen atoms in total. The Morgan fingerprint density at radius 2 is 2.06 bits per heavy atom. The summed E-state index contributed by atoms with van der Waals surface area (Å²) in [6.45, 7) is 0.161. The van der Waals surface area contributed by atoms with Gasteiger partial charge >= 0.3 is 5.97 Å². The van der Waals surface area contributed by atoms with Crippen LogP contribution in [0.4, 0.5) is 0 Å². The third kappa shape index (κ3) is 2.12. The van der Waals surface area contributed by atoms with E-state index in [4.69, 9.17) is 5.11 Å². The zero-order valence-corrected chi connectivity index (χ0v) is 8.72. The zero-order valence-electron chi connectivity index (χ0n) is 8.72. The molecule has 0 unspecified atom stereocenters. The van der Waals surface area contributed by atoms with Crippen LogP contribution >= 0.6 is 0 Å². The third-order valence-electron chi connectivity index (χ3n) is 2.88. The van der Waals surface area contributed by atoms with Gasteiger partial charge in [0.15, 0.2) is 5.78 Å². The summed E-state index contributed by atoms with van der Waals surface area (Å²) in [4.78, 5) is 22.5. The third-order valence-corrected chi connectivity index (χ3v) is 2.88. The van der Waals surface area contributed by atoms with Crippen LogP contribution in [-0.4, -0.2) is 29.4 Å². The molecule has 1 heterocycles. The van der Waals surface area contributed by atoms with Crippen LogP contribution in [0.3, 0.4) is 0 Å². The van der Waals surface area contributed by atoms with E-state index >= 15 is 0 Å². The maximum atomic E-state index is 11.6. The number of benzene rings is 1. The number of carbonyl (C=O) groups excluding carboxylic acids is 1. The summed E-state index contributed by atoms with van der Waals surface area (Å²) in [5.41, 5.74) is 0.996. The second-order valence-electron chi connectivity index (χ2n) is 3.96. The van der Waals surface area contributed by atoms with Crippen LogP contribution in [0.1, 0.15) is 5.56 Å². The average molecular weight is 219 g/mol. The standard InChI is InChI=1S/C12H13NO3/c14-10-7-13-11(12(15)16)9(10)6-8-4-2-1-3-5-8/h1-5,9,11,13H,6-7H2,(H,15,16)/t9-,11-/m1/s1. The number of ketones is 1. The van der Waals surface area contributed by atoms with E-state index in [0.717, 1.165) is 5.56 Å². The van der Waals surface area contributed by atoms with Crippen molar-refractivity contribution in [3.63, 3.8) is 0 Å². The monoisotopic (exact) mass is 219 g/mol. The number of carbonyl (C=O) groups is 2. The van der Waals surface area contributed by atoms with Crippen LogP contribution in [0.15, 0.2) is 30.3 Å². The summed E-state index contributed by atoms with van der Waals surface area (Å²) in [5, 5.41) is 11.7. The lowest BCUT2D eigenvalue weighted by atomic mass is 9.92. The minimum atomic E-state index is -0.952. The number of Topliss-reactive ketones (excluding diaryl/α,β-unsaturated/α-hetero) is 1. The summed E-state index contributed by atoms with van der Waals surface area (Å²) in [6, 6.07) is 8.74. The Morgan fingerprint density at radius 3 is 2.69 bits per heavy atom. The highest BCUT2D eigenvalue weighted by atomic mass is 16.4. The summed E-state index contributed by atoms with van der Waals surface area (Å²) >= 11 is 0. The zero-order chi connectivity index (χ0) is 11.5. The molecule has 1 fully saturated rings. The van der Waals surface area contributed by atoms with Crippen molar-refractivity contribution in [1.82, 2.24) is 5.32 Å². The maximum Gasteiger partial charge on any atom is 0.321 e. The van der Waals surface area contributed by atoms with Crippen molar-refractivity contribution in [2.45, 2.75) is 12.5 Å². The topological polar surface area (TPSA) is 66.4 Å². The number of carboxylic acids is 1. The number of aliphatic carboxylic acids is 1. The molecule has 16 heavy (non-hydrogen) atoms. The highest BCUT2D eigenvalue weighted by Crippen LogP contribution is 2.18. The average Bonchev–Trinajstić information content (AvgIpc) is 2.62. The predicted octanol–water partition coefficient (Wildman–Crippen LogP) is 0.471. The van der Waals surface area contributed by atoms with E-state index in [9.17, 15) is 9.59 Å². The van der Waals surface area contributed by atoms with E-state index in [0.29, 0.717) is 6.42 Å². The number of hydrogen-bond acceptors (Lipinski definition) is 3. The van der Waals surface area contributed by atoms with Gasteiger partial charge in [-0.2, -0.15) is 0 Å². The van der Waals surface area contributed by atoms with Gasteiger partial charge in [-0.1, -0.05) is 30.3 Å². The highest BCUT2D eigenvalue weighted by molar-refractivity contribution is 5.93. The summed E-state index contributed by atoms with van der Waals surface area (Å²) in [7, 11) is 0. The van der Waals surface area contributed by atoms with Crippen LogP contribution in [0.2, 0.25) is 0 Å². The Balaban J connectivity index is 2.13. The van der Waals surface area contributed by atoms with Gasteiger partial charge in [0.2, 0.25) is 0 Å². The molecule has 0 amide bonds. The molecule has 1 saturated heterocycles. The van der Waals surface area contributed by atoms with Gasteiger partial charge in [-0.3, -0.25) is 14.9 Å². The number of carboxylic acid groups (broad SMARTS) is 1. The van der Waals surface area contributed by atoms with Gasteiger partial charge in [-0.05, 0) is 12.0 Å². The van der Waals surface area contributed by atoms with Crippen LogP contribution in [0.25, 0.3) is 0 Å². The first-order chi connectivity index (χ1) is 7.68. The van der Waals surface area contributed by atoms with E-state index in [1.54, 1.807) is 0 Å². The molecular weight excluding hydrogens is 206 g/mol. The van der Waals surface area contributed by atoms with E-state index < -0.39 is 17.9 Å². The van der Waals surface area contributed by atoms with E-state index in [1.807, 2.05) is 30.3 Å². The van der Waals surface area contributed by atoms with Crippen molar-refractivity contribution in [2.75, 3.05) is 6.54 Å². The van der Waals surface area contributed by atoms with Crippen molar-refractivity contribution < 1.29 is 14.7 Å².